The molecular weight excluding hydrogens is 235 g/mol. The summed E-state index contributed by atoms with van der Waals surface area (Å²) >= 11 is 0. The Kier molecular flexibility index (Phi) is 3.14. The summed E-state index contributed by atoms with van der Waals surface area (Å²) in [7, 11) is 0. The zero-order chi connectivity index (χ0) is 13.3. The van der Waals surface area contributed by atoms with E-state index in [-0.39, 0.29) is 11.5 Å². The number of benzene rings is 1. The largest absolute Gasteiger partial charge is 0.476 e. The van der Waals surface area contributed by atoms with Gasteiger partial charge < -0.3 is 5.11 Å². The number of halogens is 1. The van der Waals surface area contributed by atoms with E-state index in [0.717, 1.165) is 5.56 Å². The van der Waals surface area contributed by atoms with Gasteiger partial charge in [-0.2, -0.15) is 5.10 Å². The summed E-state index contributed by atoms with van der Waals surface area (Å²) in [6, 6.07) is 6.18. The Morgan fingerprint density at radius 2 is 2.17 bits per heavy atom. The van der Waals surface area contributed by atoms with Crippen LogP contribution in [-0.4, -0.2) is 20.9 Å². The number of carbonyl (C=O) groups is 1. The van der Waals surface area contributed by atoms with E-state index in [1.165, 1.54) is 12.1 Å². The van der Waals surface area contributed by atoms with Crippen molar-refractivity contribution in [3.63, 3.8) is 0 Å². The third kappa shape index (κ3) is 2.11. The molecule has 2 aromatic rings. The Balaban J connectivity index is 2.55. The van der Waals surface area contributed by atoms with E-state index in [9.17, 15) is 9.18 Å². The van der Waals surface area contributed by atoms with E-state index in [0.29, 0.717) is 17.8 Å². The monoisotopic (exact) mass is 248 g/mol. The second-order valence-electron chi connectivity index (χ2n) is 4.00. The number of rotatable bonds is 3. The highest BCUT2D eigenvalue weighted by Gasteiger charge is 2.14. The summed E-state index contributed by atoms with van der Waals surface area (Å²) in [6.07, 6.45) is 0. The first-order valence-electron chi connectivity index (χ1n) is 5.60. The molecule has 0 radical (unpaired) electrons. The summed E-state index contributed by atoms with van der Waals surface area (Å²) < 4.78 is 14.8. The number of carboxylic acid groups (broad SMARTS) is 1. The molecule has 0 amide bonds. The molecule has 0 saturated heterocycles. The fraction of sp³-hybridized carbons (Fsp3) is 0.231. The van der Waals surface area contributed by atoms with Crippen molar-refractivity contribution in [1.82, 2.24) is 9.78 Å². The SMILES string of the molecule is CCn1nc(C(=O)O)cc1-c1ccc(F)c(C)c1. The molecule has 0 aliphatic rings. The Morgan fingerprint density at radius 1 is 1.44 bits per heavy atom. The number of carboxylic acids is 1. The molecule has 0 unspecified atom stereocenters. The van der Waals surface area contributed by atoms with Gasteiger partial charge in [-0.25, -0.2) is 9.18 Å². The molecule has 0 aliphatic carbocycles. The fourth-order valence-corrected chi connectivity index (χ4v) is 1.80. The van der Waals surface area contributed by atoms with E-state index in [4.69, 9.17) is 5.11 Å². The standard InChI is InChI=1S/C13H13FN2O2/c1-3-16-12(7-11(15-16)13(17)18)9-4-5-10(14)8(2)6-9/h4-7H,3H2,1-2H3,(H,17,18). The Bertz CT molecular complexity index is 605. The van der Waals surface area contributed by atoms with Crippen LogP contribution in [0.1, 0.15) is 23.0 Å². The van der Waals surface area contributed by atoms with Crippen LogP contribution in [0.3, 0.4) is 0 Å². The van der Waals surface area contributed by atoms with Crippen LogP contribution >= 0.6 is 0 Å². The van der Waals surface area contributed by atoms with Crippen LogP contribution in [0.15, 0.2) is 24.3 Å². The molecule has 0 spiro atoms. The summed E-state index contributed by atoms with van der Waals surface area (Å²) in [6.45, 7) is 4.10. The highest BCUT2D eigenvalue weighted by atomic mass is 19.1. The zero-order valence-corrected chi connectivity index (χ0v) is 10.1. The molecule has 94 valence electrons. The molecule has 0 aliphatic heterocycles. The van der Waals surface area contributed by atoms with Crippen molar-refractivity contribution in [1.29, 1.82) is 0 Å². The van der Waals surface area contributed by atoms with Gasteiger partial charge in [0, 0.05) is 12.1 Å². The number of nitrogens with zero attached hydrogens (tertiary/aromatic N) is 2. The third-order valence-corrected chi connectivity index (χ3v) is 2.75. The van der Waals surface area contributed by atoms with Crippen LogP contribution in [-0.2, 0) is 6.54 Å². The molecule has 2 rings (SSSR count). The molecule has 18 heavy (non-hydrogen) atoms. The lowest BCUT2D eigenvalue weighted by Gasteiger charge is -2.05. The van der Waals surface area contributed by atoms with Crippen molar-refractivity contribution < 1.29 is 14.3 Å². The zero-order valence-electron chi connectivity index (χ0n) is 10.1. The van der Waals surface area contributed by atoms with Gasteiger partial charge in [0.25, 0.3) is 0 Å². The van der Waals surface area contributed by atoms with Crippen LogP contribution < -0.4 is 0 Å². The Labute approximate surface area is 104 Å². The lowest BCUT2D eigenvalue weighted by molar-refractivity contribution is 0.0689. The minimum absolute atomic E-state index is 0.00571. The van der Waals surface area contributed by atoms with Gasteiger partial charge in [0.1, 0.15) is 5.82 Å². The average molecular weight is 248 g/mol. The first-order valence-corrected chi connectivity index (χ1v) is 5.60. The number of aromatic nitrogens is 2. The predicted molar refractivity (Wildman–Crippen MR) is 65.0 cm³/mol. The maximum Gasteiger partial charge on any atom is 0.356 e. The number of aryl methyl sites for hydroxylation is 2. The third-order valence-electron chi connectivity index (χ3n) is 2.75. The molecular formula is C13H13FN2O2. The van der Waals surface area contributed by atoms with Crippen LogP contribution in [0.25, 0.3) is 11.3 Å². The molecule has 0 bridgehead atoms. The smallest absolute Gasteiger partial charge is 0.356 e. The second-order valence-corrected chi connectivity index (χ2v) is 4.00. The van der Waals surface area contributed by atoms with Gasteiger partial charge in [-0.05, 0) is 43.7 Å². The Hall–Kier alpha value is -2.17. The highest BCUT2D eigenvalue weighted by molar-refractivity contribution is 5.87. The molecule has 5 heteroatoms. The van der Waals surface area contributed by atoms with Crippen molar-refractivity contribution in [3.05, 3.63) is 41.3 Å². The quantitative estimate of drug-likeness (QED) is 0.908. The van der Waals surface area contributed by atoms with Gasteiger partial charge in [0.05, 0.1) is 5.69 Å². The van der Waals surface area contributed by atoms with Crippen molar-refractivity contribution in [2.75, 3.05) is 0 Å². The van der Waals surface area contributed by atoms with Gasteiger partial charge in [-0.1, -0.05) is 0 Å². The maximum atomic E-state index is 13.2. The number of hydrogen-bond donors (Lipinski definition) is 1. The minimum Gasteiger partial charge on any atom is -0.476 e. The van der Waals surface area contributed by atoms with E-state index in [1.54, 1.807) is 23.7 Å². The molecule has 1 aromatic carbocycles. The van der Waals surface area contributed by atoms with E-state index >= 15 is 0 Å². The number of hydrogen-bond acceptors (Lipinski definition) is 2. The molecule has 0 saturated carbocycles. The minimum atomic E-state index is -1.07. The van der Waals surface area contributed by atoms with Gasteiger partial charge >= 0.3 is 5.97 Å². The van der Waals surface area contributed by atoms with Gasteiger partial charge in [0.2, 0.25) is 0 Å². The Morgan fingerprint density at radius 3 is 2.72 bits per heavy atom. The first kappa shape index (κ1) is 12.3. The van der Waals surface area contributed by atoms with Crippen LogP contribution in [0.2, 0.25) is 0 Å². The highest BCUT2D eigenvalue weighted by Crippen LogP contribution is 2.23. The van der Waals surface area contributed by atoms with Crippen molar-refractivity contribution in [2.24, 2.45) is 0 Å². The molecule has 0 fully saturated rings. The van der Waals surface area contributed by atoms with Crippen LogP contribution in [0.5, 0.6) is 0 Å². The lowest BCUT2D eigenvalue weighted by Crippen LogP contribution is -2.02. The van der Waals surface area contributed by atoms with Gasteiger partial charge in [0.15, 0.2) is 5.69 Å². The van der Waals surface area contributed by atoms with E-state index in [2.05, 4.69) is 5.10 Å². The molecule has 1 heterocycles. The van der Waals surface area contributed by atoms with E-state index in [1.807, 2.05) is 6.92 Å². The first-order chi connectivity index (χ1) is 8.52. The van der Waals surface area contributed by atoms with Crippen molar-refractivity contribution in [3.8, 4) is 11.3 Å². The average Bonchev–Trinajstić information content (AvgIpc) is 2.77. The normalized spacial score (nSPS) is 10.6. The maximum absolute atomic E-state index is 13.2. The lowest BCUT2D eigenvalue weighted by atomic mass is 10.1. The topological polar surface area (TPSA) is 55.1 Å². The van der Waals surface area contributed by atoms with Crippen molar-refractivity contribution in [2.45, 2.75) is 20.4 Å². The summed E-state index contributed by atoms with van der Waals surface area (Å²) in [4.78, 5) is 10.9. The van der Waals surface area contributed by atoms with Crippen LogP contribution in [0.4, 0.5) is 4.39 Å². The predicted octanol–water partition coefficient (Wildman–Crippen LogP) is 2.72. The number of aromatic carboxylic acids is 1. The summed E-state index contributed by atoms with van der Waals surface area (Å²) in [5.74, 6) is -1.35. The van der Waals surface area contributed by atoms with Crippen LogP contribution in [0, 0.1) is 12.7 Å². The fourth-order valence-electron chi connectivity index (χ4n) is 1.80. The van der Waals surface area contributed by atoms with E-state index < -0.39 is 5.97 Å². The van der Waals surface area contributed by atoms with Crippen molar-refractivity contribution >= 4 is 5.97 Å². The second kappa shape index (κ2) is 4.60. The summed E-state index contributed by atoms with van der Waals surface area (Å²) in [5, 5.41) is 12.9. The molecule has 0 atom stereocenters. The molecule has 1 N–H and O–H groups in total. The molecule has 1 aromatic heterocycles. The summed E-state index contributed by atoms with van der Waals surface area (Å²) in [5.41, 5.74) is 1.95. The van der Waals surface area contributed by atoms with Gasteiger partial charge in [-0.3, -0.25) is 4.68 Å². The molecule has 4 nitrogen and oxygen atoms in total. The van der Waals surface area contributed by atoms with Gasteiger partial charge in [-0.15, -0.1) is 0 Å².